The monoisotopic (exact) mass is 500 g/mol. The first-order chi connectivity index (χ1) is 17.0. The van der Waals surface area contributed by atoms with Crippen LogP contribution in [-0.2, 0) is 14.6 Å². The van der Waals surface area contributed by atoms with E-state index < -0.39 is 14.6 Å². The van der Waals surface area contributed by atoms with Crippen molar-refractivity contribution in [3.05, 3.63) is 89.8 Å². The number of rotatable bonds is 5. The molecule has 0 aliphatic rings. The summed E-state index contributed by atoms with van der Waals surface area (Å²) in [6.45, 7) is 5.10. The molecule has 0 fully saturated rings. The topological polar surface area (TPSA) is 113 Å². The van der Waals surface area contributed by atoms with E-state index in [1.807, 2.05) is 54.6 Å². The molecule has 8 nitrogen and oxygen atoms in total. The van der Waals surface area contributed by atoms with Crippen LogP contribution in [0.2, 0.25) is 0 Å². The SMILES string of the molecule is Cc1nc(-c2cc(-c3cccc(-c4cc(C(C)(C)S(C)(=O)=O)cc5cccnc45)c3)c[n+]([O-])c2)no1. The fourth-order valence-corrected chi connectivity index (χ4v) is 4.64. The van der Waals surface area contributed by atoms with Crippen molar-refractivity contribution in [1.29, 1.82) is 0 Å². The van der Waals surface area contributed by atoms with E-state index in [1.54, 1.807) is 27.0 Å². The first kappa shape index (κ1) is 23.6. The molecule has 0 saturated heterocycles. The summed E-state index contributed by atoms with van der Waals surface area (Å²) in [4.78, 5) is 8.81. The van der Waals surface area contributed by atoms with E-state index in [1.165, 1.54) is 18.6 Å². The molecule has 0 spiro atoms. The van der Waals surface area contributed by atoms with E-state index in [0.717, 1.165) is 32.3 Å². The normalized spacial score (nSPS) is 12.2. The average molecular weight is 501 g/mol. The molecular weight excluding hydrogens is 476 g/mol. The van der Waals surface area contributed by atoms with Crippen LogP contribution in [0.4, 0.5) is 0 Å². The Morgan fingerprint density at radius 1 is 0.944 bits per heavy atom. The van der Waals surface area contributed by atoms with Gasteiger partial charge in [-0.25, -0.2) is 8.42 Å². The van der Waals surface area contributed by atoms with E-state index in [2.05, 4.69) is 15.1 Å². The molecule has 0 aliphatic carbocycles. The molecule has 9 heteroatoms. The highest BCUT2D eigenvalue weighted by Crippen LogP contribution is 2.37. The van der Waals surface area contributed by atoms with Crippen LogP contribution in [0.5, 0.6) is 0 Å². The van der Waals surface area contributed by atoms with Gasteiger partial charge in [0.15, 0.2) is 22.2 Å². The number of aryl methyl sites for hydroxylation is 1. The van der Waals surface area contributed by atoms with Crippen molar-refractivity contribution in [2.75, 3.05) is 6.26 Å². The number of pyridine rings is 2. The number of nitrogens with zero attached hydrogens (tertiary/aromatic N) is 4. The number of benzene rings is 2. The molecule has 0 radical (unpaired) electrons. The van der Waals surface area contributed by atoms with Gasteiger partial charge in [0, 0.05) is 35.9 Å². The van der Waals surface area contributed by atoms with E-state index >= 15 is 0 Å². The fraction of sp³-hybridized carbons (Fsp3) is 0.185. The number of hydrogen-bond acceptors (Lipinski definition) is 7. The lowest BCUT2D eigenvalue weighted by atomic mass is 9.92. The highest BCUT2D eigenvalue weighted by Gasteiger charge is 2.33. The summed E-state index contributed by atoms with van der Waals surface area (Å²) in [5, 5.41) is 17.2. The molecule has 0 bridgehead atoms. The predicted octanol–water partition coefficient (Wildman–Crippen LogP) is 4.84. The first-order valence-electron chi connectivity index (χ1n) is 11.3. The highest BCUT2D eigenvalue weighted by atomic mass is 32.2. The number of sulfone groups is 1. The van der Waals surface area contributed by atoms with Gasteiger partial charge in [-0.15, -0.1) is 0 Å². The van der Waals surface area contributed by atoms with Crippen molar-refractivity contribution in [3.8, 4) is 33.6 Å². The van der Waals surface area contributed by atoms with Crippen LogP contribution in [-0.4, -0.2) is 29.8 Å². The highest BCUT2D eigenvalue weighted by molar-refractivity contribution is 7.91. The third-order valence-electron chi connectivity index (χ3n) is 6.46. The third-order valence-corrected chi connectivity index (χ3v) is 8.55. The van der Waals surface area contributed by atoms with Crippen LogP contribution in [0.15, 0.2) is 77.7 Å². The Morgan fingerprint density at radius 2 is 1.67 bits per heavy atom. The molecule has 5 aromatic rings. The Morgan fingerprint density at radius 3 is 2.39 bits per heavy atom. The Kier molecular flexibility index (Phi) is 5.60. The second-order valence-electron chi connectivity index (χ2n) is 9.27. The summed E-state index contributed by atoms with van der Waals surface area (Å²) in [6, 6.07) is 17.1. The number of aromatic nitrogens is 4. The number of hydrogen-bond donors (Lipinski definition) is 0. The standard InChI is InChI=1S/C27H24N4O4S/c1-17-29-26(30-35-17)22-12-21(15-31(32)16-22)18-7-5-8-19(11-18)24-14-23(27(2,3)36(4,33)34)13-20-9-6-10-28-25(20)24/h5-16H,1-4H3. The van der Waals surface area contributed by atoms with Gasteiger partial charge in [-0.2, -0.15) is 9.71 Å². The zero-order chi connectivity index (χ0) is 25.7. The molecule has 2 aromatic carbocycles. The molecule has 0 N–H and O–H groups in total. The fourth-order valence-electron chi connectivity index (χ4n) is 4.09. The quantitative estimate of drug-likeness (QED) is 0.251. The minimum Gasteiger partial charge on any atom is -0.619 e. The summed E-state index contributed by atoms with van der Waals surface area (Å²) >= 11 is 0. The van der Waals surface area contributed by atoms with Gasteiger partial charge >= 0.3 is 0 Å². The largest absolute Gasteiger partial charge is 0.619 e. The maximum Gasteiger partial charge on any atom is 0.223 e. The maximum absolute atomic E-state index is 12.6. The summed E-state index contributed by atoms with van der Waals surface area (Å²) in [5.74, 6) is 0.743. The molecule has 3 aromatic heterocycles. The zero-order valence-electron chi connectivity index (χ0n) is 20.3. The lowest BCUT2D eigenvalue weighted by Gasteiger charge is -2.24. The average Bonchev–Trinajstić information content (AvgIpc) is 3.28. The maximum atomic E-state index is 12.6. The van der Waals surface area contributed by atoms with Crippen molar-refractivity contribution < 1.29 is 17.7 Å². The summed E-state index contributed by atoms with van der Waals surface area (Å²) < 4.78 is 29.9. The van der Waals surface area contributed by atoms with Gasteiger partial charge in [-0.3, -0.25) is 4.98 Å². The van der Waals surface area contributed by atoms with Gasteiger partial charge in [-0.1, -0.05) is 29.4 Å². The van der Waals surface area contributed by atoms with Crippen molar-refractivity contribution >= 4 is 20.7 Å². The lowest BCUT2D eigenvalue weighted by molar-refractivity contribution is -0.604. The minimum atomic E-state index is -3.39. The van der Waals surface area contributed by atoms with Crippen molar-refractivity contribution in [3.63, 3.8) is 0 Å². The van der Waals surface area contributed by atoms with Crippen molar-refractivity contribution in [1.82, 2.24) is 15.1 Å². The van der Waals surface area contributed by atoms with Crippen LogP contribution < -0.4 is 4.73 Å². The van der Waals surface area contributed by atoms with Crippen LogP contribution in [0.1, 0.15) is 25.3 Å². The van der Waals surface area contributed by atoms with E-state index in [4.69, 9.17) is 4.52 Å². The van der Waals surface area contributed by atoms with E-state index in [9.17, 15) is 13.6 Å². The van der Waals surface area contributed by atoms with Gasteiger partial charge < -0.3 is 9.73 Å². The molecule has 0 unspecified atom stereocenters. The second-order valence-corrected chi connectivity index (χ2v) is 11.8. The van der Waals surface area contributed by atoms with Crippen molar-refractivity contribution in [2.24, 2.45) is 0 Å². The Bertz CT molecular complexity index is 1730. The molecule has 0 aliphatic heterocycles. The van der Waals surface area contributed by atoms with Crippen LogP contribution in [0.3, 0.4) is 0 Å². The van der Waals surface area contributed by atoms with Crippen molar-refractivity contribution in [2.45, 2.75) is 25.5 Å². The molecular formula is C27H24N4O4S. The zero-order valence-corrected chi connectivity index (χ0v) is 21.1. The number of fused-ring (bicyclic) bond motifs is 1. The molecule has 182 valence electrons. The van der Waals surface area contributed by atoms with Crippen LogP contribution in [0.25, 0.3) is 44.5 Å². The first-order valence-corrected chi connectivity index (χ1v) is 13.2. The molecule has 36 heavy (non-hydrogen) atoms. The Labute approximate surface area is 208 Å². The van der Waals surface area contributed by atoms with E-state index in [0.29, 0.717) is 28.4 Å². The third kappa shape index (κ3) is 4.22. The summed E-state index contributed by atoms with van der Waals surface area (Å²) in [6.07, 6.45) is 5.84. The molecule has 5 rings (SSSR count). The van der Waals surface area contributed by atoms with Gasteiger partial charge in [0.25, 0.3) is 0 Å². The van der Waals surface area contributed by atoms with Gasteiger partial charge in [-0.05, 0) is 60.9 Å². The smallest absolute Gasteiger partial charge is 0.223 e. The van der Waals surface area contributed by atoms with E-state index in [-0.39, 0.29) is 0 Å². The molecule has 0 saturated carbocycles. The Balaban J connectivity index is 1.68. The molecule has 0 atom stereocenters. The van der Waals surface area contributed by atoms with Crippen LogP contribution >= 0.6 is 0 Å². The van der Waals surface area contributed by atoms with Gasteiger partial charge in [0.05, 0.1) is 15.8 Å². The lowest BCUT2D eigenvalue weighted by Crippen LogP contribution is -2.28. The van der Waals surface area contributed by atoms with Gasteiger partial charge in [0.1, 0.15) is 0 Å². The van der Waals surface area contributed by atoms with Gasteiger partial charge in [0.2, 0.25) is 11.7 Å². The second kappa shape index (κ2) is 8.53. The summed E-state index contributed by atoms with van der Waals surface area (Å²) in [7, 11) is -3.39. The molecule has 3 heterocycles. The predicted molar refractivity (Wildman–Crippen MR) is 137 cm³/mol. The minimum absolute atomic E-state index is 0.334. The Hall–Kier alpha value is -4.11. The van der Waals surface area contributed by atoms with Crippen LogP contribution in [0, 0.1) is 12.1 Å². The summed E-state index contributed by atoms with van der Waals surface area (Å²) in [5.41, 5.74) is 5.11. The molecule has 0 amide bonds.